The second kappa shape index (κ2) is 10.6. The average molecular weight is 425 g/mol. The van der Waals surface area contributed by atoms with Gasteiger partial charge in [-0.05, 0) is 31.5 Å². The standard InChI is InChI=1S/C21H26F3N3O3/c1-4-25-20(27-12-16-6-5-7-17(29-3)19(16)28)26-11-15-9-8-14(2)10-18(15)30-13-21(22,23)24/h5-10,28H,4,11-13H2,1-3H3,(H2,25,26,27). The summed E-state index contributed by atoms with van der Waals surface area (Å²) in [4.78, 5) is 4.43. The molecule has 30 heavy (non-hydrogen) atoms. The number of rotatable bonds is 8. The molecule has 2 aromatic rings. The number of alkyl halides is 3. The van der Waals surface area contributed by atoms with Gasteiger partial charge in [-0.15, -0.1) is 0 Å². The minimum absolute atomic E-state index is 0.0321. The molecule has 0 unspecified atom stereocenters. The van der Waals surface area contributed by atoms with Crippen LogP contribution in [-0.2, 0) is 13.1 Å². The number of para-hydroxylation sites is 1. The summed E-state index contributed by atoms with van der Waals surface area (Å²) >= 11 is 0. The molecule has 0 heterocycles. The van der Waals surface area contributed by atoms with Crippen molar-refractivity contribution in [2.75, 3.05) is 20.3 Å². The number of phenolic OH excluding ortho intramolecular Hbond substituents is 1. The van der Waals surface area contributed by atoms with E-state index >= 15 is 0 Å². The van der Waals surface area contributed by atoms with Crippen LogP contribution in [0.2, 0.25) is 0 Å². The summed E-state index contributed by atoms with van der Waals surface area (Å²) in [6.45, 7) is 3.29. The van der Waals surface area contributed by atoms with Crippen molar-refractivity contribution in [2.45, 2.75) is 33.1 Å². The third kappa shape index (κ3) is 7.06. The minimum atomic E-state index is -4.42. The molecule has 0 fully saturated rings. The van der Waals surface area contributed by atoms with E-state index in [1.54, 1.807) is 43.3 Å². The summed E-state index contributed by atoms with van der Waals surface area (Å²) in [7, 11) is 1.47. The number of halogens is 3. The number of methoxy groups -OCH3 is 1. The summed E-state index contributed by atoms with van der Waals surface area (Å²) < 4.78 is 47.7. The lowest BCUT2D eigenvalue weighted by molar-refractivity contribution is -0.153. The average Bonchev–Trinajstić information content (AvgIpc) is 2.69. The van der Waals surface area contributed by atoms with E-state index in [2.05, 4.69) is 15.6 Å². The van der Waals surface area contributed by atoms with Crippen molar-refractivity contribution >= 4 is 5.96 Å². The van der Waals surface area contributed by atoms with Gasteiger partial charge in [0.1, 0.15) is 5.75 Å². The second-order valence-corrected chi connectivity index (χ2v) is 6.53. The second-order valence-electron chi connectivity index (χ2n) is 6.53. The zero-order chi connectivity index (χ0) is 22.1. The van der Waals surface area contributed by atoms with E-state index in [0.717, 1.165) is 5.56 Å². The van der Waals surface area contributed by atoms with Gasteiger partial charge in [0, 0.05) is 24.2 Å². The topological polar surface area (TPSA) is 75.1 Å². The Bertz CT molecular complexity index is 870. The van der Waals surface area contributed by atoms with Gasteiger partial charge >= 0.3 is 6.18 Å². The van der Waals surface area contributed by atoms with Crippen LogP contribution in [0.4, 0.5) is 13.2 Å². The molecule has 0 atom stereocenters. The predicted molar refractivity (Wildman–Crippen MR) is 109 cm³/mol. The first kappa shape index (κ1) is 23.2. The first-order chi connectivity index (χ1) is 14.2. The highest BCUT2D eigenvalue weighted by Crippen LogP contribution is 2.29. The highest BCUT2D eigenvalue weighted by Gasteiger charge is 2.28. The van der Waals surface area contributed by atoms with Crippen molar-refractivity contribution in [3.8, 4) is 17.2 Å². The number of hydrogen-bond acceptors (Lipinski definition) is 4. The lowest BCUT2D eigenvalue weighted by atomic mass is 10.1. The molecule has 0 saturated carbocycles. The maximum atomic E-state index is 12.5. The highest BCUT2D eigenvalue weighted by molar-refractivity contribution is 5.79. The van der Waals surface area contributed by atoms with E-state index in [9.17, 15) is 18.3 Å². The first-order valence-corrected chi connectivity index (χ1v) is 9.39. The number of ether oxygens (including phenoxy) is 2. The van der Waals surface area contributed by atoms with Crippen LogP contribution in [0.5, 0.6) is 17.2 Å². The van der Waals surface area contributed by atoms with Gasteiger partial charge in [0.05, 0.1) is 13.7 Å². The van der Waals surface area contributed by atoms with Gasteiger partial charge in [0.25, 0.3) is 0 Å². The molecule has 9 heteroatoms. The summed E-state index contributed by atoms with van der Waals surface area (Å²) in [5.74, 6) is 0.992. The number of hydrogen-bond donors (Lipinski definition) is 3. The number of benzene rings is 2. The normalized spacial score (nSPS) is 11.9. The molecule has 0 saturated heterocycles. The fraction of sp³-hybridized carbons (Fsp3) is 0.381. The van der Waals surface area contributed by atoms with E-state index < -0.39 is 12.8 Å². The summed E-state index contributed by atoms with van der Waals surface area (Å²) in [6, 6.07) is 10.2. The third-order valence-electron chi connectivity index (χ3n) is 4.11. The molecule has 3 N–H and O–H groups in total. The Morgan fingerprint density at radius 1 is 1.10 bits per heavy atom. The number of aliphatic imine (C=N–C) groups is 1. The van der Waals surface area contributed by atoms with Crippen molar-refractivity contribution in [3.05, 3.63) is 53.1 Å². The molecule has 0 aliphatic heterocycles. The van der Waals surface area contributed by atoms with Crippen LogP contribution in [0, 0.1) is 6.92 Å². The summed E-state index contributed by atoms with van der Waals surface area (Å²) in [6.07, 6.45) is -4.42. The third-order valence-corrected chi connectivity index (χ3v) is 4.11. The minimum Gasteiger partial charge on any atom is -0.504 e. The monoisotopic (exact) mass is 425 g/mol. The Morgan fingerprint density at radius 2 is 1.87 bits per heavy atom. The molecule has 0 aliphatic carbocycles. The lowest BCUT2D eigenvalue weighted by Gasteiger charge is -2.15. The maximum absolute atomic E-state index is 12.5. The highest BCUT2D eigenvalue weighted by atomic mass is 19.4. The molecule has 0 aromatic heterocycles. The van der Waals surface area contributed by atoms with Gasteiger partial charge in [-0.3, -0.25) is 0 Å². The van der Waals surface area contributed by atoms with E-state index in [1.807, 2.05) is 6.92 Å². The number of guanidine groups is 1. The van der Waals surface area contributed by atoms with Gasteiger partial charge in [-0.1, -0.05) is 24.3 Å². The first-order valence-electron chi connectivity index (χ1n) is 9.39. The van der Waals surface area contributed by atoms with Crippen LogP contribution in [0.25, 0.3) is 0 Å². The molecular formula is C21H26F3N3O3. The Kier molecular flexibility index (Phi) is 8.20. The predicted octanol–water partition coefficient (Wildman–Crippen LogP) is 3.91. The number of aromatic hydroxyl groups is 1. The van der Waals surface area contributed by atoms with Gasteiger partial charge in [-0.2, -0.15) is 13.2 Å². The molecule has 0 spiro atoms. The fourth-order valence-corrected chi connectivity index (χ4v) is 2.65. The van der Waals surface area contributed by atoms with Crippen LogP contribution in [0.3, 0.4) is 0 Å². The lowest BCUT2D eigenvalue weighted by Crippen LogP contribution is -2.36. The van der Waals surface area contributed by atoms with E-state index in [1.165, 1.54) is 7.11 Å². The molecule has 2 rings (SSSR count). The molecule has 0 bridgehead atoms. The zero-order valence-electron chi connectivity index (χ0n) is 17.1. The van der Waals surface area contributed by atoms with E-state index in [4.69, 9.17) is 9.47 Å². The van der Waals surface area contributed by atoms with Crippen LogP contribution in [-0.4, -0.2) is 37.5 Å². The largest absolute Gasteiger partial charge is 0.504 e. The van der Waals surface area contributed by atoms with Crippen LogP contribution in [0.1, 0.15) is 23.6 Å². The van der Waals surface area contributed by atoms with Crippen molar-refractivity contribution < 1.29 is 27.8 Å². The van der Waals surface area contributed by atoms with Crippen molar-refractivity contribution in [3.63, 3.8) is 0 Å². The van der Waals surface area contributed by atoms with Gasteiger partial charge in [0.15, 0.2) is 24.1 Å². The SMILES string of the molecule is CCNC(=NCc1ccc(C)cc1OCC(F)(F)F)NCc1cccc(OC)c1O. The van der Waals surface area contributed by atoms with Crippen LogP contribution >= 0.6 is 0 Å². The smallest absolute Gasteiger partial charge is 0.422 e. The molecule has 0 amide bonds. The van der Waals surface area contributed by atoms with E-state index in [0.29, 0.717) is 29.4 Å². The fourth-order valence-electron chi connectivity index (χ4n) is 2.65. The number of nitrogens with one attached hydrogen (secondary N) is 2. The molecule has 2 aromatic carbocycles. The Morgan fingerprint density at radius 3 is 2.53 bits per heavy atom. The maximum Gasteiger partial charge on any atom is 0.422 e. The van der Waals surface area contributed by atoms with Gasteiger partial charge in [-0.25, -0.2) is 4.99 Å². The van der Waals surface area contributed by atoms with E-state index in [-0.39, 0.29) is 24.6 Å². The molecule has 164 valence electrons. The van der Waals surface area contributed by atoms with Crippen LogP contribution < -0.4 is 20.1 Å². The Balaban J connectivity index is 2.13. The van der Waals surface area contributed by atoms with Gasteiger partial charge < -0.3 is 25.2 Å². The number of aryl methyl sites for hydroxylation is 1. The van der Waals surface area contributed by atoms with Crippen molar-refractivity contribution in [1.29, 1.82) is 0 Å². The Hall–Kier alpha value is -3.10. The molecule has 6 nitrogen and oxygen atoms in total. The Labute approximate surface area is 173 Å². The molecular weight excluding hydrogens is 399 g/mol. The number of phenols is 1. The van der Waals surface area contributed by atoms with Crippen molar-refractivity contribution in [2.24, 2.45) is 4.99 Å². The zero-order valence-corrected chi connectivity index (χ0v) is 17.1. The summed E-state index contributed by atoms with van der Waals surface area (Å²) in [5.41, 5.74) is 1.94. The molecule has 0 radical (unpaired) electrons. The molecule has 0 aliphatic rings. The number of nitrogens with zero attached hydrogens (tertiary/aromatic N) is 1. The van der Waals surface area contributed by atoms with Crippen molar-refractivity contribution in [1.82, 2.24) is 10.6 Å². The van der Waals surface area contributed by atoms with Crippen LogP contribution in [0.15, 0.2) is 41.4 Å². The summed E-state index contributed by atoms with van der Waals surface area (Å²) in [5, 5.41) is 16.3. The quantitative estimate of drug-likeness (QED) is 0.442. The van der Waals surface area contributed by atoms with Gasteiger partial charge in [0.2, 0.25) is 0 Å².